The highest BCUT2D eigenvalue weighted by Crippen LogP contribution is 2.37. The molecule has 4 unspecified atom stereocenters. The van der Waals surface area contributed by atoms with Crippen LogP contribution in [0.2, 0.25) is 0 Å². The van der Waals surface area contributed by atoms with E-state index in [1.165, 1.54) is 13.0 Å². The third kappa shape index (κ3) is 5.58. The Hall–Kier alpha value is -0.0400. The quantitative estimate of drug-likeness (QED) is 0.417. The van der Waals surface area contributed by atoms with E-state index in [-0.39, 0.29) is 24.0 Å². The average Bonchev–Trinajstić information content (AvgIpc) is 2.97. The molecule has 1 aliphatic heterocycles. The number of rotatable bonds is 5. The molecule has 2 N–H and O–H groups in total. The molecule has 4 nitrogen and oxygen atoms in total. The summed E-state index contributed by atoms with van der Waals surface area (Å²) in [7, 11) is 0. The maximum atomic E-state index is 4.77. The predicted octanol–water partition coefficient (Wildman–Crippen LogP) is 2.54. The molecule has 0 aromatic rings. The van der Waals surface area contributed by atoms with Crippen molar-refractivity contribution in [3.8, 4) is 0 Å². The van der Waals surface area contributed by atoms with Crippen LogP contribution in [0.15, 0.2) is 4.99 Å². The van der Waals surface area contributed by atoms with Crippen LogP contribution >= 0.6 is 24.0 Å². The number of nitrogens with one attached hydrogen (secondary N) is 2. The summed E-state index contributed by atoms with van der Waals surface area (Å²) in [5, 5.41) is 7.04. The standard InChI is InChI=1S/C16H32N4.HI/c1-6-17-16(18-8-14-7-12(14)4)19-15-10-20(11(2)3)9-13(15)5;/h11-15H,6-10H2,1-5H3,(H2,17,18,19);1H. The van der Waals surface area contributed by atoms with E-state index in [0.29, 0.717) is 18.0 Å². The summed E-state index contributed by atoms with van der Waals surface area (Å²) >= 11 is 0. The van der Waals surface area contributed by atoms with Gasteiger partial charge in [-0.2, -0.15) is 0 Å². The Balaban J connectivity index is 0.00000220. The fourth-order valence-corrected chi connectivity index (χ4v) is 2.97. The Morgan fingerprint density at radius 2 is 1.90 bits per heavy atom. The molecular formula is C16H33IN4. The van der Waals surface area contributed by atoms with Gasteiger partial charge in [0.15, 0.2) is 5.96 Å². The van der Waals surface area contributed by atoms with E-state index in [1.807, 2.05) is 0 Å². The van der Waals surface area contributed by atoms with Crippen LogP contribution in [-0.2, 0) is 0 Å². The molecule has 1 aliphatic carbocycles. The summed E-state index contributed by atoms with van der Waals surface area (Å²) in [4.78, 5) is 7.32. The van der Waals surface area contributed by atoms with Gasteiger partial charge >= 0.3 is 0 Å². The van der Waals surface area contributed by atoms with Gasteiger partial charge in [0, 0.05) is 38.3 Å². The number of nitrogens with zero attached hydrogens (tertiary/aromatic N) is 2. The molecule has 2 rings (SSSR count). The maximum absolute atomic E-state index is 4.77. The summed E-state index contributed by atoms with van der Waals surface area (Å²) in [5.74, 6) is 3.39. The smallest absolute Gasteiger partial charge is 0.191 e. The number of guanidine groups is 1. The van der Waals surface area contributed by atoms with E-state index in [4.69, 9.17) is 4.99 Å². The molecule has 2 aliphatic rings. The lowest BCUT2D eigenvalue weighted by molar-refractivity contribution is 0.265. The second-order valence-electron chi connectivity index (χ2n) is 6.97. The fourth-order valence-electron chi connectivity index (χ4n) is 2.97. The first kappa shape index (κ1) is 19.0. The molecule has 0 spiro atoms. The van der Waals surface area contributed by atoms with Crippen LogP contribution in [0.3, 0.4) is 0 Å². The van der Waals surface area contributed by atoms with Crippen LogP contribution in [0.25, 0.3) is 0 Å². The predicted molar refractivity (Wildman–Crippen MR) is 101 cm³/mol. The average molecular weight is 408 g/mol. The first-order valence-electron chi connectivity index (χ1n) is 8.30. The van der Waals surface area contributed by atoms with Crippen LogP contribution < -0.4 is 10.6 Å². The minimum Gasteiger partial charge on any atom is -0.357 e. The Morgan fingerprint density at radius 1 is 1.24 bits per heavy atom. The van der Waals surface area contributed by atoms with Crippen molar-refractivity contribution < 1.29 is 0 Å². The summed E-state index contributed by atoms with van der Waals surface area (Å²) in [6.07, 6.45) is 1.35. The lowest BCUT2D eigenvalue weighted by Gasteiger charge is -2.22. The van der Waals surface area contributed by atoms with Crippen molar-refractivity contribution in [2.45, 2.75) is 53.1 Å². The zero-order valence-corrected chi connectivity index (χ0v) is 16.6. The van der Waals surface area contributed by atoms with Gasteiger partial charge in [0.05, 0.1) is 0 Å². The van der Waals surface area contributed by atoms with Gasteiger partial charge in [0.2, 0.25) is 0 Å². The topological polar surface area (TPSA) is 39.7 Å². The molecule has 4 atom stereocenters. The molecule has 2 fully saturated rings. The number of halogens is 1. The monoisotopic (exact) mass is 408 g/mol. The second kappa shape index (κ2) is 8.56. The molecule has 5 heteroatoms. The molecule has 1 saturated carbocycles. The Kier molecular flexibility index (Phi) is 7.74. The molecule has 0 radical (unpaired) electrons. The third-order valence-electron chi connectivity index (χ3n) is 4.80. The van der Waals surface area contributed by atoms with E-state index in [9.17, 15) is 0 Å². The number of likely N-dealkylation sites (tertiary alicyclic amines) is 1. The van der Waals surface area contributed by atoms with E-state index in [2.05, 4.69) is 50.2 Å². The normalized spacial score (nSPS) is 33.0. The molecule has 1 heterocycles. The van der Waals surface area contributed by atoms with Gasteiger partial charge in [-0.15, -0.1) is 24.0 Å². The van der Waals surface area contributed by atoms with Crippen LogP contribution in [0, 0.1) is 17.8 Å². The SMILES string of the molecule is CCNC(=NCC1CC1C)NC1CN(C(C)C)CC1C.I. The summed E-state index contributed by atoms with van der Waals surface area (Å²) < 4.78 is 0. The van der Waals surface area contributed by atoms with Gasteiger partial charge in [-0.1, -0.05) is 13.8 Å². The number of hydrogen-bond donors (Lipinski definition) is 2. The summed E-state index contributed by atoms with van der Waals surface area (Å²) in [6, 6.07) is 1.16. The highest BCUT2D eigenvalue weighted by atomic mass is 127. The molecule has 0 aromatic heterocycles. The van der Waals surface area contributed by atoms with Crippen LogP contribution in [0.1, 0.15) is 41.0 Å². The van der Waals surface area contributed by atoms with Crippen molar-refractivity contribution in [3.63, 3.8) is 0 Å². The third-order valence-corrected chi connectivity index (χ3v) is 4.80. The Bertz CT molecular complexity index is 345. The van der Waals surface area contributed by atoms with Crippen molar-refractivity contribution in [3.05, 3.63) is 0 Å². The van der Waals surface area contributed by atoms with Gasteiger partial charge in [-0.25, -0.2) is 0 Å². The van der Waals surface area contributed by atoms with Crippen LogP contribution in [-0.4, -0.2) is 49.1 Å². The number of aliphatic imine (C=N–C) groups is 1. The molecule has 21 heavy (non-hydrogen) atoms. The largest absolute Gasteiger partial charge is 0.357 e. The van der Waals surface area contributed by atoms with E-state index in [0.717, 1.165) is 37.4 Å². The van der Waals surface area contributed by atoms with Crippen molar-refractivity contribution in [2.75, 3.05) is 26.2 Å². The Morgan fingerprint density at radius 3 is 2.38 bits per heavy atom. The van der Waals surface area contributed by atoms with Gasteiger partial charge in [0.25, 0.3) is 0 Å². The van der Waals surface area contributed by atoms with Crippen molar-refractivity contribution in [2.24, 2.45) is 22.7 Å². The zero-order valence-electron chi connectivity index (χ0n) is 14.2. The molecule has 1 saturated heterocycles. The van der Waals surface area contributed by atoms with Crippen molar-refractivity contribution in [1.29, 1.82) is 0 Å². The number of hydrogen-bond acceptors (Lipinski definition) is 2. The van der Waals surface area contributed by atoms with Gasteiger partial charge in [-0.05, 0) is 44.9 Å². The zero-order chi connectivity index (χ0) is 14.7. The highest BCUT2D eigenvalue weighted by Gasteiger charge is 2.33. The lowest BCUT2D eigenvalue weighted by atomic mass is 10.1. The molecular weight excluding hydrogens is 375 g/mol. The highest BCUT2D eigenvalue weighted by molar-refractivity contribution is 14.0. The summed E-state index contributed by atoms with van der Waals surface area (Å²) in [5.41, 5.74) is 0. The van der Waals surface area contributed by atoms with Gasteiger partial charge in [0.1, 0.15) is 0 Å². The van der Waals surface area contributed by atoms with E-state index in [1.54, 1.807) is 0 Å². The molecule has 0 aromatic carbocycles. The van der Waals surface area contributed by atoms with Gasteiger partial charge < -0.3 is 10.6 Å². The lowest BCUT2D eigenvalue weighted by Crippen LogP contribution is -2.47. The second-order valence-corrected chi connectivity index (χ2v) is 6.97. The molecule has 0 amide bonds. The first-order chi connectivity index (χ1) is 9.51. The molecule has 124 valence electrons. The minimum atomic E-state index is 0. The van der Waals surface area contributed by atoms with Crippen LogP contribution in [0.4, 0.5) is 0 Å². The van der Waals surface area contributed by atoms with E-state index >= 15 is 0 Å². The van der Waals surface area contributed by atoms with Gasteiger partial charge in [-0.3, -0.25) is 9.89 Å². The first-order valence-corrected chi connectivity index (χ1v) is 8.30. The summed E-state index contributed by atoms with van der Waals surface area (Å²) in [6.45, 7) is 15.6. The fraction of sp³-hybridized carbons (Fsp3) is 0.938. The van der Waals surface area contributed by atoms with E-state index < -0.39 is 0 Å². The van der Waals surface area contributed by atoms with Crippen molar-refractivity contribution in [1.82, 2.24) is 15.5 Å². The van der Waals surface area contributed by atoms with Crippen molar-refractivity contribution >= 4 is 29.9 Å². The minimum absolute atomic E-state index is 0. The van der Waals surface area contributed by atoms with Crippen LogP contribution in [0.5, 0.6) is 0 Å². The molecule has 0 bridgehead atoms. The Labute approximate surface area is 147 Å². The maximum Gasteiger partial charge on any atom is 0.191 e.